The Morgan fingerprint density at radius 1 is 1.17 bits per heavy atom. The minimum Gasteiger partial charge on any atom is -0.508 e. The van der Waals surface area contributed by atoms with E-state index in [1.165, 1.54) is 5.57 Å². The van der Waals surface area contributed by atoms with Gasteiger partial charge in [-0.3, -0.25) is 10.3 Å². The van der Waals surface area contributed by atoms with Crippen LogP contribution in [0, 0.1) is 5.92 Å². The molecule has 5 unspecified atom stereocenters. The van der Waals surface area contributed by atoms with E-state index < -0.39 is 6.17 Å². The lowest BCUT2D eigenvalue weighted by atomic mass is 9.71. The molecule has 194 valence electrons. The van der Waals surface area contributed by atoms with Gasteiger partial charge < -0.3 is 14.8 Å². The normalized spacial score (nSPS) is 31.8. The van der Waals surface area contributed by atoms with Crippen molar-refractivity contribution in [2.45, 2.75) is 75.7 Å². The maximum Gasteiger partial charge on any atom is 0.125 e. The quantitative estimate of drug-likeness (QED) is 0.502. The number of hydrazine groups is 1. The molecule has 4 N–H and O–H groups in total. The van der Waals surface area contributed by atoms with Crippen molar-refractivity contribution in [3.63, 3.8) is 0 Å². The lowest BCUT2D eigenvalue weighted by molar-refractivity contribution is 0.0383. The van der Waals surface area contributed by atoms with Crippen LogP contribution in [-0.2, 0) is 11.2 Å². The van der Waals surface area contributed by atoms with E-state index in [0.717, 1.165) is 87.5 Å². The Labute approximate surface area is 212 Å². The number of rotatable bonds is 5. The maximum absolute atomic E-state index is 15.9. The van der Waals surface area contributed by atoms with Gasteiger partial charge in [-0.1, -0.05) is 19.1 Å². The molecule has 0 radical (unpaired) electrons. The highest BCUT2D eigenvalue weighted by atomic mass is 19.1. The number of alkyl halides is 1. The smallest absolute Gasteiger partial charge is 0.125 e. The molecule has 36 heavy (non-hydrogen) atoms. The molecule has 0 bridgehead atoms. The van der Waals surface area contributed by atoms with E-state index in [4.69, 9.17) is 9.72 Å². The maximum atomic E-state index is 15.9. The van der Waals surface area contributed by atoms with Gasteiger partial charge in [0.1, 0.15) is 17.7 Å². The Morgan fingerprint density at radius 2 is 2.03 bits per heavy atom. The lowest BCUT2D eigenvalue weighted by Crippen LogP contribution is -2.45. The molecule has 2 saturated heterocycles. The number of H-pyrrole nitrogens is 1. The van der Waals surface area contributed by atoms with Gasteiger partial charge in [0, 0.05) is 44.2 Å². The van der Waals surface area contributed by atoms with E-state index in [0.29, 0.717) is 6.04 Å². The minimum absolute atomic E-state index is 0.0378. The molecule has 1 aliphatic carbocycles. The Morgan fingerprint density at radius 3 is 2.86 bits per heavy atom. The number of benzene rings is 1. The first kappa shape index (κ1) is 24.1. The minimum atomic E-state index is -1.00. The molecule has 5 atom stereocenters. The lowest BCUT2D eigenvalue weighted by Gasteiger charge is -2.37. The first-order chi connectivity index (χ1) is 17.6. The zero-order chi connectivity index (χ0) is 24.6. The summed E-state index contributed by atoms with van der Waals surface area (Å²) in [7, 11) is 0. The van der Waals surface area contributed by atoms with E-state index in [1.807, 2.05) is 12.3 Å². The van der Waals surface area contributed by atoms with Gasteiger partial charge in [-0.2, -0.15) is 0 Å². The third kappa shape index (κ3) is 4.49. The Hall–Kier alpha value is -2.26. The topological polar surface area (TPSA) is 85.4 Å². The van der Waals surface area contributed by atoms with Crippen LogP contribution in [0.25, 0.3) is 5.57 Å². The fourth-order valence-corrected chi connectivity index (χ4v) is 6.89. The van der Waals surface area contributed by atoms with Crippen LogP contribution in [-0.4, -0.2) is 64.5 Å². The van der Waals surface area contributed by atoms with Gasteiger partial charge in [0.05, 0.1) is 24.0 Å². The number of fused-ring (bicyclic) bond motifs is 1. The number of phenols is 1. The molecular formula is C28H38FN5O2. The molecule has 2 aromatic rings. The summed E-state index contributed by atoms with van der Waals surface area (Å²) in [6.45, 7) is 5.82. The van der Waals surface area contributed by atoms with Crippen LogP contribution >= 0.6 is 0 Å². The van der Waals surface area contributed by atoms with Gasteiger partial charge in [-0.15, -0.1) is 0 Å². The molecule has 1 aromatic heterocycles. The molecular weight excluding hydrogens is 457 g/mol. The molecule has 3 fully saturated rings. The first-order valence-corrected chi connectivity index (χ1v) is 13.7. The molecule has 6 rings (SSSR count). The fourth-order valence-electron chi connectivity index (χ4n) is 6.89. The summed E-state index contributed by atoms with van der Waals surface area (Å²) in [6, 6.07) is 5.67. The summed E-state index contributed by atoms with van der Waals surface area (Å²) < 4.78 is 21.4. The molecule has 7 nitrogen and oxygen atoms in total. The highest BCUT2D eigenvalue weighted by Gasteiger charge is 2.48. The summed E-state index contributed by atoms with van der Waals surface area (Å²) in [5, 5.41) is 9.88. The Balaban J connectivity index is 1.14. The SMILES string of the molecule is CCc1cc(O)ccc1C1CCC2C(c3ncc(C4=CCCN(C5CCOCC5)C4)[nH]3)NNC2C1F. The van der Waals surface area contributed by atoms with Crippen molar-refractivity contribution in [1.82, 2.24) is 25.7 Å². The summed E-state index contributed by atoms with van der Waals surface area (Å²) in [6.07, 6.45) is 9.05. The highest BCUT2D eigenvalue weighted by Crippen LogP contribution is 2.45. The molecule has 4 heterocycles. The second-order valence-electron chi connectivity index (χ2n) is 10.8. The largest absolute Gasteiger partial charge is 0.508 e. The monoisotopic (exact) mass is 495 g/mol. The van der Waals surface area contributed by atoms with E-state index in [2.05, 4.69) is 33.7 Å². The van der Waals surface area contributed by atoms with Crippen molar-refractivity contribution in [1.29, 1.82) is 0 Å². The van der Waals surface area contributed by atoms with Gasteiger partial charge in [-0.25, -0.2) is 14.8 Å². The first-order valence-electron chi connectivity index (χ1n) is 13.7. The third-order valence-electron chi connectivity index (χ3n) is 8.86. The third-order valence-corrected chi connectivity index (χ3v) is 8.86. The number of aromatic hydroxyl groups is 1. The predicted molar refractivity (Wildman–Crippen MR) is 137 cm³/mol. The average molecular weight is 496 g/mol. The number of halogens is 1. The number of nitrogens with zero attached hydrogens (tertiary/aromatic N) is 2. The van der Waals surface area contributed by atoms with Crippen molar-refractivity contribution >= 4 is 5.57 Å². The van der Waals surface area contributed by atoms with E-state index >= 15 is 4.39 Å². The van der Waals surface area contributed by atoms with Crippen LogP contribution in [0.5, 0.6) is 5.75 Å². The molecule has 1 saturated carbocycles. The Kier molecular flexibility index (Phi) is 6.86. The number of aromatic nitrogens is 2. The second-order valence-corrected chi connectivity index (χ2v) is 10.8. The number of hydrogen-bond donors (Lipinski definition) is 4. The number of aryl methyl sites for hydroxylation is 1. The summed E-state index contributed by atoms with van der Waals surface area (Å²) in [4.78, 5) is 10.9. The van der Waals surface area contributed by atoms with E-state index in [1.54, 1.807) is 12.1 Å². The fraction of sp³-hybridized carbons (Fsp3) is 0.607. The standard InChI is InChI=1S/C28H38FN5O2/c1-2-17-14-20(35)5-6-21(17)22-7-8-23-26(25(22)29)32-33-27(23)28-30-15-24(31-28)18-4-3-11-34(16-18)19-9-12-36-13-10-19/h4-6,14-15,19,22-23,25-27,32-33,35H,2-3,7-13,16H2,1H3,(H,30,31). The number of phenolic OH excluding ortho intramolecular Hbond substituents is 1. The van der Waals surface area contributed by atoms with Crippen LogP contribution in [0.1, 0.15) is 73.6 Å². The Bertz CT molecular complexity index is 1100. The van der Waals surface area contributed by atoms with Crippen LogP contribution < -0.4 is 10.9 Å². The zero-order valence-corrected chi connectivity index (χ0v) is 21.0. The molecule has 1 aromatic carbocycles. The van der Waals surface area contributed by atoms with Gasteiger partial charge in [0.15, 0.2) is 0 Å². The molecule has 8 heteroatoms. The molecule has 0 amide bonds. The second kappa shape index (κ2) is 10.2. The molecule has 3 aliphatic heterocycles. The number of imidazole rings is 1. The molecule has 4 aliphatic rings. The highest BCUT2D eigenvalue weighted by molar-refractivity contribution is 5.64. The van der Waals surface area contributed by atoms with Crippen LogP contribution in [0.2, 0.25) is 0 Å². The summed E-state index contributed by atoms with van der Waals surface area (Å²) >= 11 is 0. The average Bonchev–Trinajstić information content (AvgIpc) is 3.58. The van der Waals surface area contributed by atoms with E-state index in [-0.39, 0.29) is 29.7 Å². The van der Waals surface area contributed by atoms with Crippen LogP contribution in [0.4, 0.5) is 4.39 Å². The predicted octanol–water partition coefficient (Wildman–Crippen LogP) is 4.00. The van der Waals surface area contributed by atoms with Crippen molar-refractivity contribution < 1.29 is 14.2 Å². The van der Waals surface area contributed by atoms with E-state index in [9.17, 15) is 5.11 Å². The number of nitrogens with one attached hydrogen (secondary N) is 3. The van der Waals surface area contributed by atoms with Gasteiger partial charge in [0.25, 0.3) is 0 Å². The van der Waals surface area contributed by atoms with Crippen molar-refractivity contribution in [2.24, 2.45) is 5.92 Å². The molecule has 0 spiro atoms. The summed E-state index contributed by atoms with van der Waals surface area (Å²) in [5.41, 5.74) is 11.1. The number of hydrogen-bond acceptors (Lipinski definition) is 6. The van der Waals surface area contributed by atoms with Crippen molar-refractivity contribution in [3.8, 4) is 5.75 Å². The van der Waals surface area contributed by atoms with Gasteiger partial charge in [0.2, 0.25) is 0 Å². The summed E-state index contributed by atoms with van der Waals surface area (Å²) in [5.74, 6) is 1.11. The van der Waals surface area contributed by atoms with Gasteiger partial charge >= 0.3 is 0 Å². The van der Waals surface area contributed by atoms with Crippen LogP contribution in [0.3, 0.4) is 0 Å². The number of ether oxygens (including phenoxy) is 1. The zero-order valence-electron chi connectivity index (χ0n) is 21.0. The number of aromatic amines is 1. The van der Waals surface area contributed by atoms with Gasteiger partial charge in [-0.05, 0) is 67.4 Å². The van der Waals surface area contributed by atoms with Crippen molar-refractivity contribution in [2.75, 3.05) is 26.3 Å². The van der Waals surface area contributed by atoms with Crippen molar-refractivity contribution in [3.05, 3.63) is 53.1 Å². The van der Waals surface area contributed by atoms with Crippen LogP contribution in [0.15, 0.2) is 30.5 Å².